The summed E-state index contributed by atoms with van der Waals surface area (Å²) < 4.78 is 10.4. The SMILES string of the molecule is COCOC1(C)CCCNC1. The number of methoxy groups -OCH3 is 1. The van der Waals surface area contributed by atoms with Crippen LogP contribution in [0.15, 0.2) is 0 Å². The van der Waals surface area contributed by atoms with Gasteiger partial charge >= 0.3 is 0 Å². The Morgan fingerprint density at radius 2 is 2.36 bits per heavy atom. The van der Waals surface area contributed by atoms with E-state index in [0.29, 0.717) is 6.79 Å². The first-order chi connectivity index (χ1) is 5.27. The lowest BCUT2D eigenvalue weighted by atomic mass is 9.96. The quantitative estimate of drug-likeness (QED) is 0.616. The first-order valence-corrected chi connectivity index (χ1v) is 4.10. The maximum atomic E-state index is 5.53. The predicted molar refractivity (Wildman–Crippen MR) is 43.5 cm³/mol. The fraction of sp³-hybridized carbons (Fsp3) is 1.00. The van der Waals surface area contributed by atoms with Gasteiger partial charge in [-0.2, -0.15) is 0 Å². The normalized spacial score (nSPS) is 32.2. The molecule has 1 aliphatic rings. The zero-order valence-corrected chi connectivity index (χ0v) is 7.35. The van der Waals surface area contributed by atoms with Gasteiger partial charge in [0.05, 0.1) is 5.60 Å². The Hall–Kier alpha value is -0.120. The molecule has 0 aromatic heterocycles. The molecule has 0 aromatic rings. The van der Waals surface area contributed by atoms with Crippen LogP contribution in [0.1, 0.15) is 19.8 Å². The number of rotatable bonds is 3. The second-order valence-corrected chi connectivity index (χ2v) is 3.28. The van der Waals surface area contributed by atoms with Gasteiger partial charge in [0.2, 0.25) is 0 Å². The molecule has 1 aliphatic heterocycles. The summed E-state index contributed by atoms with van der Waals surface area (Å²) in [4.78, 5) is 0. The first kappa shape index (κ1) is 8.97. The molecule has 1 saturated heterocycles. The van der Waals surface area contributed by atoms with Gasteiger partial charge in [-0.3, -0.25) is 0 Å². The molecule has 0 radical (unpaired) electrons. The van der Waals surface area contributed by atoms with Crippen molar-refractivity contribution >= 4 is 0 Å². The van der Waals surface area contributed by atoms with Crippen LogP contribution in [-0.4, -0.2) is 32.6 Å². The molecule has 0 aromatic carbocycles. The van der Waals surface area contributed by atoms with Crippen molar-refractivity contribution in [2.75, 3.05) is 27.0 Å². The van der Waals surface area contributed by atoms with Crippen LogP contribution in [0.5, 0.6) is 0 Å². The predicted octanol–water partition coefficient (Wildman–Crippen LogP) is 0.749. The van der Waals surface area contributed by atoms with E-state index in [4.69, 9.17) is 9.47 Å². The van der Waals surface area contributed by atoms with Crippen molar-refractivity contribution in [3.05, 3.63) is 0 Å². The van der Waals surface area contributed by atoms with E-state index in [-0.39, 0.29) is 5.60 Å². The molecule has 3 heteroatoms. The molecule has 1 rings (SSSR count). The Bertz CT molecular complexity index is 111. The molecule has 0 saturated carbocycles. The van der Waals surface area contributed by atoms with Crippen molar-refractivity contribution < 1.29 is 9.47 Å². The molecule has 0 aliphatic carbocycles. The number of ether oxygens (including phenoxy) is 2. The van der Waals surface area contributed by atoms with E-state index in [1.54, 1.807) is 7.11 Å². The third-order valence-corrected chi connectivity index (χ3v) is 2.08. The van der Waals surface area contributed by atoms with Gasteiger partial charge in [0.1, 0.15) is 6.79 Å². The maximum absolute atomic E-state index is 5.53. The summed E-state index contributed by atoms with van der Waals surface area (Å²) in [7, 11) is 1.65. The highest BCUT2D eigenvalue weighted by Gasteiger charge is 2.26. The van der Waals surface area contributed by atoms with E-state index in [2.05, 4.69) is 12.2 Å². The fourth-order valence-corrected chi connectivity index (χ4v) is 1.35. The van der Waals surface area contributed by atoms with Gasteiger partial charge in [-0.15, -0.1) is 0 Å². The van der Waals surface area contributed by atoms with Crippen molar-refractivity contribution in [2.45, 2.75) is 25.4 Å². The average molecular weight is 159 g/mol. The van der Waals surface area contributed by atoms with Gasteiger partial charge in [-0.05, 0) is 26.3 Å². The maximum Gasteiger partial charge on any atom is 0.147 e. The highest BCUT2D eigenvalue weighted by molar-refractivity contribution is 4.81. The summed E-state index contributed by atoms with van der Waals surface area (Å²) in [6.07, 6.45) is 2.32. The molecule has 66 valence electrons. The summed E-state index contributed by atoms with van der Waals surface area (Å²) in [5.41, 5.74) is -0.00569. The van der Waals surface area contributed by atoms with Gasteiger partial charge in [0.15, 0.2) is 0 Å². The van der Waals surface area contributed by atoms with E-state index in [0.717, 1.165) is 19.5 Å². The van der Waals surface area contributed by atoms with Crippen LogP contribution in [0.3, 0.4) is 0 Å². The van der Waals surface area contributed by atoms with Crippen LogP contribution in [0.4, 0.5) is 0 Å². The highest BCUT2D eigenvalue weighted by atomic mass is 16.7. The Labute approximate surface area is 68.1 Å². The van der Waals surface area contributed by atoms with Crippen LogP contribution < -0.4 is 5.32 Å². The van der Waals surface area contributed by atoms with E-state index in [1.807, 2.05) is 0 Å². The van der Waals surface area contributed by atoms with Crippen molar-refractivity contribution in [2.24, 2.45) is 0 Å². The fourth-order valence-electron chi connectivity index (χ4n) is 1.35. The lowest BCUT2D eigenvalue weighted by Gasteiger charge is -2.33. The van der Waals surface area contributed by atoms with Crippen LogP contribution >= 0.6 is 0 Å². The summed E-state index contributed by atoms with van der Waals surface area (Å²) in [5.74, 6) is 0. The van der Waals surface area contributed by atoms with E-state index < -0.39 is 0 Å². The summed E-state index contributed by atoms with van der Waals surface area (Å²) in [5, 5.41) is 3.30. The van der Waals surface area contributed by atoms with Crippen LogP contribution in [0.25, 0.3) is 0 Å². The third kappa shape index (κ3) is 2.77. The van der Waals surface area contributed by atoms with Crippen LogP contribution in [0, 0.1) is 0 Å². The molecule has 1 heterocycles. The van der Waals surface area contributed by atoms with Gasteiger partial charge in [-0.25, -0.2) is 0 Å². The number of piperidine rings is 1. The van der Waals surface area contributed by atoms with Crippen molar-refractivity contribution in [1.29, 1.82) is 0 Å². The average Bonchev–Trinajstić information content (AvgIpc) is 2.03. The summed E-state index contributed by atoms with van der Waals surface area (Å²) >= 11 is 0. The highest BCUT2D eigenvalue weighted by Crippen LogP contribution is 2.19. The lowest BCUT2D eigenvalue weighted by molar-refractivity contribution is -0.129. The molecule has 0 bridgehead atoms. The smallest absolute Gasteiger partial charge is 0.147 e. The molecule has 1 fully saturated rings. The minimum absolute atomic E-state index is 0.00569. The summed E-state index contributed by atoms with van der Waals surface area (Å²) in [6.45, 7) is 4.58. The number of nitrogens with one attached hydrogen (secondary N) is 1. The molecule has 0 amide bonds. The van der Waals surface area contributed by atoms with Crippen molar-refractivity contribution in [3.8, 4) is 0 Å². The largest absolute Gasteiger partial charge is 0.359 e. The standard InChI is InChI=1S/C8H17NO2/c1-8(11-7-10-2)4-3-5-9-6-8/h9H,3-7H2,1-2H3. The molecular formula is C8H17NO2. The Balaban J connectivity index is 2.25. The molecule has 1 N–H and O–H groups in total. The number of hydrogen-bond donors (Lipinski definition) is 1. The first-order valence-electron chi connectivity index (χ1n) is 4.10. The molecule has 1 atom stereocenters. The molecule has 1 unspecified atom stereocenters. The lowest BCUT2D eigenvalue weighted by Crippen LogP contribution is -2.45. The Morgan fingerprint density at radius 3 is 2.91 bits per heavy atom. The zero-order chi connectivity index (χ0) is 8.16. The molecule has 0 spiro atoms. The van der Waals surface area contributed by atoms with E-state index in [9.17, 15) is 0 Å². The third-order valence-electron chi connectivity index (χ3n) is 2.08. The van der Waals surface area contributed by atoms with Gasteiger partial charge in [-0.1, -0.05) is 0 Å². The van der Waals surface area contributed by atoms with Crippen molar-refractivity contribution in [3.63, 3.8) is 0 Å². The minimum atomic E-state index is -0.00569. The van der Waals surface area contributed by atoms with E-state index >= 15 is 0 Å². The minimum Gasteiger partial charge on any atom is -0.359 e. The van der Waals surface area contributed by atoms with Gasteiger partial charge in [0, 0.05) is 13.7 Å². The number of hydrogen-bond acceptors (Lipinski definition) is 3. The molecule has 3 nitrogen and oxygen atoms in total. The van der Waals surface area contributed by atoms with E-state index in [1.165, 1.54) is 6.42 Å². The Morgan fingerprint density at radius 1 is 1.55 bits per heavy atom. The van der Waals surface area contributed by atoms with Crippen LogP contribution in [0.2, 0.25) is 0 Å². The second kappa shape index (κ2) is 4.04. The van der Waals surface area contributed by atoms with Gasteiger partial charge < -0.3 is 14.8 Å². The molecule has 11 heavy (non-hydrogen) atoms. The topological polar surface area (TPSA) is 30.5 Å². The zero-order valence-electron chi connectivity index (χ0n) is 7.35. The monoisotopic (exact) mass is 159 g/mol. The Kier molecular flexibility index (Phi) is 3.30. The van der Waals surface area contributed by atoms with Crippen molar-refractivity contribution in [1.82, 2.24) is 5.32 Å². The van der Waals surface area contributed by atoms with Crippen LogP contribution in [-0.2, 0) is 9.47 Å². The summed E-state index contributed by atoms with van der Waals surface area (Å²) in [6, 6.07) is 0. The second-order valence-electron chi connectivity index (χ2n) is 3.28. The molecular weight excluding hydrogens is 142 g/mol. The van der Waals surface area contributed by atoms with Gasteiger partial charge in [0.25, 0.3) is 0 Å².